The first kappa shape index (κ1) is 14.2. The molecule has 0 radical (unpaired) electrons. The minimum absolute atomic E-state index is 0.797. The molecule has 0 spiro atoms. The van der Waals surface area contributed by atoms with E-state index in [1.807, 2.05) is 12.1 Å². The number of hydrogen-bond acceptors (Lipinski definition) is 4. The molecule has 19 heavy (non-hydrogen) atoms. The molecule has 0 unspecified atom stereocenters. The number of benzene rings is 1. The first-order valence-electron chi connectivity index (χ1n) is 6.96. The van der Waals surface area contributed by atoms with Gasteiger partial charge < -0.3 is 20.1 Å². The molecule has 1 fully saturated rings. The fourth-order valence-electron chi connectivity index (χ4n) is 2.49. The van der Waals surface area contributed by atoms with Crippen LogP contribution in [0.5, 0.6) is 11.5 Å². The van der Waals surface area contributed by atoms with E-state index in [2.05, 4.69) is 16.7 Å². The smallest absolute Gasteiger partial charge is 0.127 e. The topological polar surface area (TPSA) is 42.5 Å². The van der Waals surface area contributed by atoms with Crippen LogP contribution in [-0.2, 0) is 6.54 Å². The Morgan fingerprint density at radius 2 is 2.00 bits per heavy atom. The molecule has 2 rings (SSSR count). The van der Waals surface area contributed by atoms with Gasteiger partial charge in [-0.05, 0) is 44.5 Å². The van der Waals surface area contributed by atoms with Gasteiger partial charge in [0.05, 0.1) is 14.2 Å². The van der Waals surface area contributed by atoms with Crippen LogP contribution >= 0.6 is 0 Å². The van der Waals surface area contributed by atoms with Crippen LogP contribution in [0, 0.1) is 5.92 Å². The molecule has 4 nitrogen and oxygen atoms in total. The largest absolute Gasteiger partial charge is 0.497 e. The normalized spacial score (nSPS) is 16.3. The van der Waals surface area contributed by atoms with Crippen molar-refractivity contribution in [3.63, 3.8) is 0 Å². The number of rotatable bonds is 6. The van der Waals surface area contributed by atoms with Crippen molar-refractivity contribution >= 4 is 0 Å². The van der Waals surface area contributed by atoms with Crippen LogP contribution in [0.15, 0.2) is 18.2 Å². The number of hydrogen-bond donors (Lipinski definition) is 2. The molecule has 0 atom stereocenters. The molecule has 1 saturated heterocycles. The van der Waals surface area contributed by atoms with Gasteiger partial charge in [0.2, 0.25) is 0 Å². The minimum atomic E-state index is 0.797. The lowest BCUT2D eigenvalue weighted by molar-refractivity contribution is 0.353. The zero-order chi connectivity index (χ0) is 13.5. The maximum atomic E-state index is 5.40. The van der Waals surface area contributed by atoms with Gasteiger partial charge in [-0.1, -0.05) is 6.07 Å². The van der Waals surface area contributed by atoms with Crippen LogP contribution < -0.4 is 20.1 Å². The highest BCUT2D eigenvalue weighted by Crippen LogP contribution is 2.24. The standard InChI is InChI=1S/C15H24N2O2/c1-18-14-4-3-13(15(9-14)19-2)11-17-10-12-5-7-16-8-6-12/h3-4,9,12,16-17H,5-8,10-11H2,1-2H3. The molecular weight excluding hydrogens is 240 g/mol. The molecule has 0 aromatic heterocycles. The van der Waals surface area contributed by atoms with Crippen molar-refractivity contribution in [1.29, 1.82) is 0 Å². The van der Waals surface area contributed by atoms with Gasteiger partial charge in [0.15, 0.2) is 0 Å². The number of methoxy groups -OCH3 is 2. The van der Waals surface area contributed by atoms with Crippen LogP contribution in [0.25, 0.3) is 0 Å². The van der Waals surface area contributed by atoms with Gasteiger partial charge in [0.25, 0.3) is 0 Å². The molecule has 0 amide bonds. The van der Waals surface area contributed by atoms with Crippen LogP contribution in [0.3, 0.4) is 0 Å². The van der Waals surface area contributed by atoms with Crippen molar-refractivity contribution in [3.8, 4) is 11.5 Å². The van der Waals surface area contributed by atoms with Crippen LogP contribution in [-0.4, -0.2) is 33.9 Å². The molecular formula is C15H24N2O2. The summed E-state index contributed by atoms with van der Waals surface area (Å²) in [5, 5.41) is 6.93. The van der Waals surface area contributed by atoms with E-state index in [0.29, 0.717) is 0 Å². The van der Waals surface area contributed by atoms with Crippen molar-refractivity contribution in [2.45, 2.75) is 19.4 Å². The van der Waals surface area contributed by atoms with E-state index in [9.17, 15) is 0 Å². The first-order valence-corrected chi connectivity index (χ1v) is 6.96. The van der Waals surface area contributed by atoms with Crippen molar-refractivity contribution in [2.75, 3.05) is 33.9 Å². The Morgan fingerprint density at radius 3 is 2.68 bits per heavy atom. The second-order valence-corrected chi connectivity index (χ2v) is 5.00. The van der Waals surface area contributed by atoms with Crippen LogP contribution in [0.1, 0.15) is 18.4 Å². The third-order valence-corrected chi connectivity index (χ3v) is 3.70. The second kappa shape index (κ2) is 7.36. The molecule has 1 aliphatic rings. The molecule has 1 aromatic rings. The lowest BCUT2D eigenvalue weighted by Crippen LogP contribution is -2.33. The van der Waals surface area contributed by atoms with E-state index in [1.54, 1.807) is 14.2 Å². The second-order valence-electron chi connectivity index (χ2n) is 5.00. The highest BCUT2D eigenvalue weighted by atomic mass is 16.5. The SMILES string of the molecule is COc1ccc(CNCC2CCNCC2)c(OC)c1. The molecule has 4 heteroatoms. The fourth-order valence-corrected chi connectivity index (χ4v) is 2.49. The molecule has 1 aromatic carbocycles. The number of piperidine rings is 1. The van der Waals surface area contributed by atoms with Gasteiger partial charge in [-0.3, -0.25) is 0 Å². The minimum Gasteiger partial charge on any atom is -0.497 e. The van der Waals surface area contributed by atoms with E-state index < -0.39 is 0 Å². The molecule has 0 saturated carbocycles. The van der Waals surface area contributed by atoms with E-state index >= 15 is 0 Å². The summed E-state index contributed by atoms with van der Waals surface area (Å²) in [7, 11) is 3.37. The highest BCUT2D eigenvalue weighted by molar-refractivity contribution is 5.40. The Kier molecular flexibility index (Phi) is 5.48. The van der Waals surface area contributed by atoms with E-state index in [-0.39, 0.29) is 0 Å². The summed E-state index contributed by atoms with van der Waals surface area (Å²) in [5.74, 6) is 2.52. The summed E-state index contributed by atoms with van der Waals surface area (Å²) in [4.78, 5) is 0. The molecule has 0 bridgehead atoms. The van der Waals surface area contributed by atoms with E-state index in [4.69, 9.17) is 9.47 Å². The van der Waals surface area contributed by atoms with Crippen molar-refractivity contribution < 1.29 is 9.47 Å². The number of ether oxygens (including phenoxy) is 2. The third-order valence-electron chi connectivity index (χ3n) is 3.70. The summed E-state index contributed by atoms with van der Waals surface area (Å²) >= 11 is 0. The Labute approximate surface area is 115 Å². The van der Waals surface area contributed by atoms with E-state index in [0.717, 1.165) is 43.6 Å². The monoisotopic (exact) mass is 264 g/mol. The Balaban J connectivity index is 1.84. The fraction of sp³-hybridized carbons (Fsp3) is 0.600. The Hall–Kier alpha value is -1.26. The van der Waals surface area contributed by atoms with Gasteiger partial charge in [-0.15, -0.1) is 0 Å². The summed E-state index contributed by atoms with van der Waals surface area (Å²) in [6, 6.07) is 5.97. The maximum absolute atomic E-state index is 5.40. The molecule has 106 valence electrons. The van der Waals surface area contributed by atoms with Gasteiger partial charge in [0.1, 0.15) is 11.5 Å². The average Bonchev–Trinajstić information content (AvgIpc) is 2.48. The quantitative estimate of drug-likeness (QED) is 0.822. The average molecular weight is 264 g/mol. The summed E-state index contributed by atoms with van der Waals surface area (Å²) < 4.78 is 10.6. The predicted octanol–water partition coefficient (Wildman–Crippen LogP) is 1.79. The predicted molar refractivity (Wildman–Crippen MR) is 76.8 cm³/mol. The van der Waals surface area contributed by atoms with Crippen LogP contribution in [0.4, 0.5) is 0 Å². The van der Waals surface area contributed by atoms with E-state index in [1.165, 1.54) is 18.4 Å². The van der Waals surface area contributed by atoms with Crippen LogP contribution in [0.2, 0.25) is 0 Å². The Morgan fingerprint density at radius 1 is 1.21 bits per heavy atom. The molecule has 1 aliphatic heterocycles. The van der Waals surface area contributed by atoms with Gasteiger partial charge in [-0.2, -0.15) is 0 Å². The maximum Gasteiger partial charge on any atom is 0.127 e. The van der Waals surface area contributed by atoms with Crippen molar-refractivity contribution in [2.24, 2.45) is 5.92 Å². The molecule has 2 N–H and O–H groups in total. The first-order chi connectivity index (χ1) is 9.33. The van der Waals surface area contributed by atoms with Crippen molar-refractivity contribution in [1.82, 2.24) is 10.6 Å². The summed E-state index contributed by atoms with van der Waals surface area (Å²) in [6.07, 6.45) is 2.54. The molecule has 0 aliphatic carbocycles. The summed E-state index contributed by atoms with van der Waals surface area (Å²) in [5.41, 5.74) is 1.18. The zero-order valence-electron chi connectivity index (χ0n) is 11.9. The lowest BCUT2D eigenvalue weighted by atomic mass is 9.98. The summed E-state index contributed by atoms with van der Waals surface area (Å²) in [6.45, 7) is 4.23. The zero-order valence-corrected chi connectivity index (χ0v) is 11.9. The van der Waals surface area contributed by atoms with Crippen molar-refractivity contribution in [3.05, 3.63) is 23.8 Å². The highest BCUT2D eigenvalue weighted by Gasteiger charge is 2.12. The molecule has 1 heterocycles. The number of nitrogens with one attached hydrogen (secondary N) is 2. The third kappa shape index (κ3) is 4.11. The van der Waals surface area contributed by atoms with Gasteiger partial charge in [-0.25, -0.2) is 0 Å². The van der Waals surface area contributed by atoms with Gasteiger partial charge >= 0.3 is 0 Å². The lowest BCUT2D eigenvalue weighted by Gasteiger charge is -2.23. The Bertz CT molecular complexity index is 390. The van der Waals surface area contributed by atoms with Gasteiger partial charge in [0, 0.05) is 18.2 Å².